The summed E-state index contributed by atoms with van der Waals surface area (Å²) in [5, 5.41) is 8.96. The summed E-state index contributed by atoms with van der Waals surface area (Å²) in [4.78, 5) is 7.29. The Labute approximate surface area is 304 Å². The van der Waals surface area contributed by atoms with Gasteiger partial charge in [-0.25, -0.2) is 4.98 Å². The molecule has 9 aromatic carbocycles. The second-order valence-corrected chi connectivity index (χ2v) is 13.5. The molecule has 4 nitrogen and oxygen atoms in total. The van der Waals surface area contributed by atoms with Crippen molar-refractivity contribution >= 4 is 82.4 Å². The second kappa shape index (κ2) is 11.7. The van der Waals surface area contributed by atoms with Crippen LogP contribution in [0.5, 0.6) is 0 Å². The normalized spacial score (nSPS) is 11.8. The van der Waals surface area contributed by atoms with Gasteiger partial charge in [-0.1, -0.05) is 121 Å². The van der Waals surface area contributed by atoms with Crippen LogP contribution in [0.2, 0.25) is 0 Å². The van der Waals surface area contributed by atoms with Crippen molar-refractivity contribution in [1.82, 2.24) is 4.98 Å². The Morgan fingerprint density at radius 2 is 1.04 bits per heavy atom. The van der Waals surface area contributed by atoms with Crippen LogP contribution >= 0.6 is 0 Å². The van der Waals surface area contributed by atoms with Crippen molar-refractivity contribution in [3.8, 4) is 22.6 Å². The molecule has 0 atom stereocenters. The van der Waals surface area contributed by atoms with Crippen molar-refractivity contribution in [2.24, 2.45) is 0 Å². The molecular weight excluding hydrogens is 649 g/mol. The summed E-state index contributed by atoms with van der Waals surface area (Å²) in [5.74, 6) is 0.622. The maximum atomic E-state index is 6.63. The van der Waals surface area contributed by atoms with Gasteiger partial charge in [-0.05, 0) is 81.9 Å². The molecule has 0 radical (unpaired) electrons. The molecule has 0 N–H and O–H groups in total. The maximum absolute atomic E-state index is 6.63. The number of rotatable bonds is 5. The van der Waals surface area contributed by atoms with Gasteiger partial charge in [0.15, 0.2) is 5.58 Å². The van der Waals surface area contributed by atoms with Crippen molar-refractivity contribution in [2.45, 2.75) is 0 Å². The monoisotopic (exact) mass is 678 g/mol. The summed E-state index contributed by atoms with van der Waals surface area (Å²) < 4.78 is 13.1. The molecule has 0 saturated heterocycles. The lowest BCUT2D eigenvalue weighted by molar-refractivity contribution is 0.623. The van der Waals surface area contributed by atoms with Crippen LogP contribution in [0.3, 0.4) is 0 Å². The first-order valence-corrected chi connectivity index (χ1v) is 17.9. The van der Waals surface area contributed by atoms with Crippen molar-refractivity contribution in [3.05, 3.63) is 182 Å². The second-order valence-electron chi connectivity index (χ2n) is 13.5. The Hall–Kier alpha value is -7.17. The van der Waals surface area contributed by atoms with E-state index < -0.39 is 0 Å². The number of para-hydroxylation sites is 1. The molecule has 0 bridgehead atoms. The third-order valence-corrected chi connectivity index (χ3v) is 10.4. The highest BCUT2D eigenvalue weighted by molar-refractivity contribution is 6.27. The molecule has 0 saturated carbocycles. The molecule has 0 unspecified atom stereocenters. The van der Waals surface area contributed by atoms with Gasteiger partial charge < -0.3 is 13.7 Å². The number of oxazole rings is 1. The van der Waals surface area contributed by atoms with Gasteiger partial charge in [0, 0.05) is 49.9 Å². The Kier molecular flexibility index (Phi) is 6.52. The van der Waals surface area contributed by atoms with Crippen LogP contribution in [0.25, 0.3) is 87.9 Å². The summed E-state index contributed by atoms with van der Waals surface area (Å²) >= 11 is 0. The number of nitrogens with zero attached hydrogens (tertiary/aromatic N) is 2. The molecule has 0 spiro atoms. The van der Waals surface area contributed by atoms with Gasteiger partial charge in [-0.2, -0.15) is 0 Å². The van der Waals surface area contributed by atoms with Crippen molar-refractivity contribution in [3.63, 3.8) is 0 Å². The number of benzene rings is 9. The largest absolute Gasteiger partial charge is 0.456 e. The lowest BCUT2D eigenvalue weighted by atomic mass is 9.94. The SMILES string of the molecule is c1ccc(-c2cccc(N(c3ccc4c(c3)oc3ccccc34)c3cccc4c3ccc3ccc5ccc6nc(-c7ccccc7)oc6c5c34)c2)cc1. The van der Waals surface area contributed by atoms with E-state index in [1.54, 1.807) is 0 Å². The number of aromatic nitrogens is 1. The van der Waals surface area contributed by atoms with Crippen LogP contribution < -0.4 is 4.90 Å². The standard InChI is InChI=1S/C49H30N2O2/c1-3-11-31(12-4-1)35-15-9-16-36(29-35)51(37-25-27-40-39-17-7-8-20-44(39)52-45(40)30-37)43-19-10-18-41-38(43)26-23-32-21-22-33-24-28-42-48(47(33)46(32)41)53-49(50-42)34-13-5-2-6-14-34/h1-30H. The molecule has 248 valence electrons. The van der Waals surface area contributed by atoms with E-state index in [-0.39, 0.29) is 0 Å². The molecular formula is C49H30N2O2. The smallest absolute Gasteiger partial charge is 0.227 e. The number of hydrogen-bond donors (Lipinski definition) is 0. The summed E-state index contributed by atoms with van der Waals surface area (Å²) in [7, 11) is 0. The molecule has 0 amide bonds. The average molecular weight is 679 g/mol. The molecule has 11 aromatic rings. The van der Waals surface area contributed by atoms with Crippen molar-refractivity contribution in [2.75, 3.05) is 4.90 Å². The van der Waals surface area contributed by atoms with E-state index in [4.69, 9.17) is 13.8 Å². The lowest BCUT2D eigenvalue weighted by Gasteiger charge is -2.27. The highest BCUT2D eigenvalue weighted by Gasteiger charge is 2.21. The van der Waals surface area contributed by atoms with Crippen LogP contribution in [-0.4, -0.2) is 4.98 Å². The van der Waals surface area contributed by atoms with Crippen molar-refractivity contribution in [1.29, 1.82) is 0 Å². The maximum Gasteiger partial charge on any atom is 0.227 e. The Morgan fingerprint density at radius 3 is 1.91 bits per heavy atom. The fraction of sp³-hybridized carbons (Fsp3) is 0. The molecule has 0 aliphatic carbocycles. The molecule has 0 fully saturated rings. The molecule has 11 rings (SSSR count). The van der Waals surface area contributed by atoms with Crippen LogP contribution in [0, 0.1) is 0 Å². The Balaban J connectivity index is 1.18. The first kappa shape index (κ1) is 29.5. The Bertz CT molecular complexity index is 3180. The van der Waals surface area contributed by atoms with Crippen LogP contribution in [0.15, 0.2) is 191 Å². The molecule has 2 aromatic heterocycles. The lowest BCUT2D eigenvalue weighted by Crippen LogP contribution is -2.10. The molecule has 53 heavy (non-hydrogen) atoms. The van der Waals surface area contributed by atoms with E-state index in [1.165, 1.54) is 5.56 Å². The van der Waals surface area contributed by atoms with E-state index in [9.17, 15) is 0 Å². The quantitative estimate of drug-likeness (QED) is 0.170. The van der Waals surface area contributed by atoms with Crippen LogP contribution in [0.1, 0.15) is 0 Å². The van der Waals surface area contributed by atoms with Gasteiger partial charge in [-0.3, -0.25) is 0 Å². The first-order valence-electron chi connectivity index (χ1n) is 17.9. The minimum Gasteiger partial charge on any atom is -0.456 e. The van der Waals surface area contributed by atoms with E-state index in [0.29, 0.717) is 5.89 Å². The molecule has 0 aliphatic heterocycles. The minimum absolute atomic E-state index is 0.622. The molecule has 0 aliphatic rings. The predicted molar refractivity (Wildman–Crippen MR) is 219 cm³/mol. The highest BCUT2D eigenvalue weighted by atomic mass is 16.3. The zero-order chi connectivity index (χ0) is 34.9. The van der Waals surface area contributed by atoms with E-state index in [1.807, 2.05) is 42.5 Å². The van der Waals surface area contributed by atoms with Gasteiger partial charge in [-0.15, -0.1) is 0 Å². The zero-order valence-corrected chi connectivity index (χ0v) is 28.5. The number of hydrogen-bond acceptors (Lipinski definition) is 4. The number of furan rings is 1. The minimum atomic E-state index is 0.622. The summed E-state index contributed by atoms with van der Waals surface area (Å²) in [5.41, 5.74) is 9.79. The third-order valence-electron chi connectivity index (χ3n) is 10.4. The summed E-state index contributed by atoms with van der Waals surface area (Å²) in [6, 6.07) is 63.9. The van der Waals surface area contributed by atoms with Gasteiger partial charge >= 0.3 is 0 Å². The third kappa shape index (κ3) is 4.73. The molecule has 4 heteroatoms. The Morgan fingerprint density at radius 1 is 0.396 bits per heavy atom. The first-order chi connectivity index (χ1) is 26.3. The summed E-state index contributed by atoms with van der Waals surface area (Å²) in [6.07, 6.45) is 0. The van der Waals surface area contributed by atoms with Crippen LogP contribution in [-0.2, 0) is 0 Å². The highest BCUT2D eigenvalue weighted by Crippen LogP contribution is 2.45. The van der Waals surface area contributed by atoms with Gasteiger partial charge in [0.05, 0.1) is 5.69 Å². The topological polar surface area (TPSA) is 42.4 Å². The van der Waals surface area contributed by atoms with Gasteiger partial charge in [0.25, 0.3) is 0 Å². The number of fused-ring (bicyclic) bond motifs is 10. The average Bonchev–Trinajstić information content (AvgIpc) is 3.83. The fourth-order valence-corrected chi connectivity index (χ4v) is 7.99. The van der Waals surface area contributed by atoms with Gasteiger partial charge in [0.1, 0.15) is 16.7 Å². The number of anilines is 3. The van der Waals surface area contributed by atoms with E-state index in [2.05, 4.69) is 144 Å². The van der Waals surface area contributed by atoms with E-state index >= 15 is 0 Å². The van der Waals surface area contributed by atoms with Gasteiger partial charge in [0.2, 0.25) is 5.89 Å². The summed E-state index contributed by atoms with van der Waals surface area (Å²) in [6.45, 7) is 0. The van der Waals surface area contributed by atoms with Crippen LogP contribution in [0.4, 0.5) is 17.1 Å². The van der Waals surface area contributed by atoms with Crippen molar-refractivity contribution < 1.29 is 8.83 Å². The predicted octanol–water partition coefficient (Wildman–Crippen LogP) is 14.0. The molecule has 2 heterocycles. The fourth-order valence-electron chi connectivity index (χ4n) is 7.99. The van der Waals surface area contributed by atoms with E-state index in [0.717, 1.165) is 93.5 Å². The zero-order valence-electron chi connectivity index (χ0n) is 28.5.